The highest BCUT2D eigenvalue weighted by atomic mass is 32.2. The minimum Gasteiger partial charge on any atom is -0.378 e. The lowest BCUT2D eigenvalue weighted by Crippen LogP contribution is -2.50. The number of rotatable bonds is 4. The second-order valence-electron chi connectivity index (χ2n) is 6.63. The van der Waals surface area contributed by atoms with Crippen molar-refractivity contribution in [3.05, 3.63) is 29.8 Å². The van der Waals surface area contributed by atoms with E-state index in [4.69, 9.17) is 4.74 Å². The molecule has 2 aliphatic rings. The van der Waals surface area contributed by atoms with Crippen molar-refractivity contribution in [3.63, 3.8) is 0 Å². The lowest BCUT2D eigenvalue weighted by molar-refractivity contribution is 0.0303. The van der Waals surface area contributed by atoms with Crippen molar-refractivity contribution in [1.82, 2.24) is 14.9 Å². The van der Waals surface area contributed by atoms with Crippen LogP contribution in [-0.4, -0.2) is 64.7 Å². The van der Waals surface area contributed by atoms with Crippen molar-refractivity contribution in [2.24, 2.45) is 5.92 Å². The van der Waals surface area contributed by atoms with Crippen LogP contribution in [-0.2, 0) is 14.8 Å². The van der Waals surface area contributed by atoms with Crippen LogP contribution in [0.5, 0.6) is 0 Å². The first kappa shape index (κ1) is 18.3. The van der Waals surface area contributed by atoms with Crippen molar-refractivity contribution in [3.8, 4) is 0 Å². The molecule has 1 aromatic rings. The smallest absolute Gasteiger partial charge is 0.254 e. The standard InChI is InChI=1S/C17H25N3O4S/c1-13-6-7-18-12-16(13)19-25(22,23)15-4-2-14(3-5-15)17(21)20-8-10-24-11-9-20/h2-5,13,16,18-19H,6-12H2,1H3. The zero-order valence-electron chi connectivity index (χ0n) is 14.4. The van der Waals surface area contributed by atoms with Crippen molar-refractivity contribution in [2.75, 3.05) is 39.4 Å². The number of nitrogens with zero attached hydrogens (tertiary/aromatic N) is 1. The number of carbonyl (C=O) groups is 1. The summed E-state index contributed by atoms with van der Waals surface area (Å²) in [6.45, 7) is 5.80. The van der Waals surface area contributed by atoms with Crippen LogP contribution in [0.2, 0.25) is 0 Å². The van der Waals surface area contributed by atoms with Gasteiger partial charge in [0.05, 0.1) is 18.1 Å². The average Bonchev–Trinajstić information content (AvgIpc) is 2.64. The number of benzene rings is 1. The quantitative estimate of drug-likeness (QED) is 0.806. The Morgan fingerprint density at radius 1 is 1.24 bits per heavy atom. The van der Waals surface area contributed by atoms with Gasteiger partial charge in [-0.25, -0.2) is 13.1 Å². The van der Waals surface area contributed by atoms with E-state index < -0.39 is 10.0 Å². The number of morpholine rings is 1. The highest BCUT2D eigenvalue weighted by Gasteiger charge is 2.27. The minimum atomic E-state index is -3.60. The molecule has 0 bridgehead atoms. The molecule has 0 aliphatic carbocycles. The van der Waals surface area contributed by atoms with Crippen LogP contribution in [0.1, 0.15) is 23.7 Å². The molecule has 2 aliphatic heterocycles. The van der Waals surface area contributed by atoms with Gasteiger partial charge in [0.25, 0.3) is 5.91 Å². The van der Waals surface area contributed by atoms with E-state index in [1.165, 1.54) is 12.1 Å². The number of ether oxygens (including phenoxy) is 1. The summed E-state index contributed by atoms with van der Waals surface area (Å²) >= 11 is 0. The summed E-state index contributed by atoms with van der Waals surface area (Å²) < 4.78 is 33.2. The first-order valence-corrected chi connectivity index (χ1v) is 10.2. The van der Waals surface area contributed by atoms with Gasteiger partial charge in [0.1, 0.15) is 0 Å². The highest BCUT2D eigenvalue weighted by molar-refractivity contribution is 7.89. The maximum atomic E-state index is 12.6. The zero-order chi connectivity index (χ0) is 17.9. The molecule has 0 radical (unpaired) electrons. The zero-order valence-corrected chi connectivity index (χ0v) is 15.2. The maximum Gasteiger partial charge on any atom is 0.254 e. The van der Waals surface area contributed by atoms with Gasteiger partial charge in [-0.1, -0.05) is 6.92 Å². The molecule has 7 nitrogen and oxygen atoms in total. The number of sulfonamides is 1. The summed E-state index contributed by atoms with van der Waals surface area (Å²) in [7, 11) is -3.60. The molecule has 2 saturated heterocycles. The fraction of sp³-hybridized carbons (Fsp3) is 0.588. The van der Waals surface area contributed by atoms with E-state index in [1.54, 1.807) is 17.0 Å². The van der Waals surface area contributed by atoms with E-state index in [-0.39, 0.29) is 22.8 Å². The summed E-state index contributed by atoms with van der Waals surface area (Å²) in [6, 6.07) is 6.03. The third-order valence-electron chi connectivity index (χ3n) is 4.84. The lowest BCUT2D eigenvalue weighted by Gasteiger charge is -2.30. The SMILES string of the molecule is CC1CCNCC1NS(=O)(=O)c1ccc(C(=O)N2CCOCC2)cc1. The summed E-state index contributed by atoms with van der Waals surface area (Å²) in [5.74, 6) is 0.198. The molecule has 1 aromatic carbocycles. The van der Waals surface area contributed by atoms with Crippen LogP contribution in [0.15, 0.2) is 29.2 Å². The van der Waals surface area contributed by atoms with Crippen LogP contribution in [0, 0.1) is 5.92 Å². The third-order valence-corrected chi connectivity index (χ3v) is 6.35. The predicted molar refractivity (Wildman–Crippen MR) is 93.9 cm³/mol. The van der Waals surface area contributed by atoms with E-state index in [1.807, 2.05) is 0 Å². The largest absolute Gasteiger partial charge is 0.378 e. The average molecular weight is 367 g/mol. The molecule has 0 spiro atoms. The Bertz CT molecular complexity index is 699. The Hall–Kier alpha value is -1.48. The number of hydrogen-bond acceptors (Lipinski definition) is 5. The molecule has 25 heavy (non-hydrogen) atoms. The number of carbonyl (C=O) groups excluding carboxylic acids is 1. The van der Waals surface area contributed by atoms with E-state index in [2.05, 4.69) is 17.0 Å². The summed E-state index contributed by atoms with van der Waals surface area (Å²) in [4.78, 5) is 14.3. The maximum absolute atomic E-state index is 12.6. The van der Waals surface area contributed by atoms with Crippen LogP contribution in [0.3, 0.4) is 0 Å². The van der Waals surface area contributed by atoms with Crippen LogP contribution in [0.25, 0.3) is 0 Å². The topological polar surface area (TPSA) is 87.7 Å². The molecule has 0 saturated carbocycles. The number of nitrogens with one attached hydrogen (secondary N) is 2. The van der Waals surface area contributed by atoms with E-state index >= 15 is 0 Å². The normalized spacial score (nSPS) is 24.9. The summed E-state index contributed by atoms with van der Waals surface area (Å²) in [5, 5.41) is 3.21. The Kier molecular flexibility index (Phi) is 5.73. The Morgan fingerprint density at radius 3 is 2.56 bits per heavy atom. The molecule has 2 N–H and O–H groups in total. The monoisotopic (exact) mass is 367 g/mol. The molecule has 1 amide bonds. The molecule has 2 fully saturated rings. The Balaban J connectivity index is 1.69. The molecule has 3 rings (SSSR count). The molecule has 138 valence electrons. The fourth-order valence-electron chi connectivity index (χ4n) is 3.14. The van der Waals surface area contributed by atoms with Gasteiger partial charge >= 0.3 is 0 Å². The van der Waals surface area contributed by atoms with Gasteiger partial charge in [-0.05, 0) is 43.1 Å². The molecule has 2 heterocycles. The predicted octanol–water partition coefficient (Wildman–Crippen LogP) is 0.435. The van der Waals surface area contributed by atoms with Gasteiger partial charge in [0.2, 0.25) is 10.0 Å². The van der Waals surface area contributed by atoms with Gasteiger partial charge in [0.15, 0.2) is 0 Å². The Morgan fingerprint density at radius 2 is 1.92 bits per heavy atom. The minimum absolute atomic E-state index is 0.0923. The third kappa shape index (κ3) is 4.38. The molecule has 2 atom stereocenters. The first-order chi connectivity index (χ1) is 12.0. The van der Waals surface area contributed by atoms with Gasteiger partial charge in [0, 0.05) is 31.2 Å². The van der Waals surface area contributed by atoms with Crippen molar-refractivity contribution >= 4 is 15.9 Å². The molecule has 8 heteroatoms. The van der Waals surface area contributed by atoms with E-state index in [9.17, 15) is 13.2 Å². The lowest BCUT2D eigenvalue weighted by atomic mass is 9.96. The summed E-state index contributed by atoms with van der Waals surface area (Å²) in [5.41, 5.74) is 0.494. The van der Waals surface area contributed by atoms with Crippen molar-refractivity contribution < 1.29 is 17.9 Å². The molecular weight excluding hydrogens is 342 g/mol. The van der Waals surface area contributed by atoms with Crippen LogP contribution < -0.4 is 10.0 Å². The van der Waals surface area contributed by atoms with Gasteiger partial charge in [-0.15, -0.1) is 0 Å². The van der Waals surface area contributed by atoms with Gasteiger partial charge < -0.3 is 15.0 Å². The number of amides is 1. The van der Waals surface area contributed by atoms with Crippen molar-refractivity contribution in [1.29, 1.82) is 0 Å². The summed E-state index contributed by atoms with van der Waals surface area (Å²) in [6.07, 6.45) is 0.945. The van der Waals surface area contributed by atoms with Gasteiger partial charge in [-0.2, -0.15) is 0 Å². The van der Waals surface area contributed by atoms with Crippen LogP contribution >= 0.6 is 0 Å². The first-order valence-electron chi connectivity index (χ1n) is 8.67. The van der Waals surface area contributed by atoms with Gasteiger partial charge in [-0.3, -0.25) is 4.79 Å². The fourth-order valence-corrected chi connectivity index (χ4v) is 4.49. The molecular formula is C17H25N3O4S. The van der Waals surface area contributed by atoms with E-state index in [0.717, 1.165) is 13.0 Å². The van der Waals surface area contributed by atoms with E-state index in [0.29, 0.717) is 38.4 Å². The number of piperidine rings is 1. The second kappa shape index (κ2) is 7.82. The Labute approximate surface area is 148 Å². The number of hydrogen-bond donors (Lipinski definition) is 2. The molecule has 0 aromatic heterocycles. The molecule has 2 unspecified atom stereocenters. The second-order valence-corrected chi connectivity index (χ2v) is 8.34. The van der Waals surface area contributed by atoms with Crippen molar-refractivity contribution in [2.45, 2.75) is 24.3 Å². The van der Waals surface area contributed by atoms with Crippen LogP contribution in [0.4, 0.5) is 0 Å². The highest BCUT2D eigenvalue weighted by Crippen LogP contribution is 2.17.